The van der Waals surface area contributed by atoms with Crippen LogP contribution in [0.25, 0.3) is 0 Å². The van der Waals surface area contributed by atoms with Gasteiger partial charge in [-0.25, -0.2) is 9.59 Å². The van der Waals surface area contributed by atoms with Gasteiger partial charge in [0.25, 0.3) is 0 Å². The van der Waals surface area contributed by atoms with Crippen LogP contribution in [0.2, 0.25) is 0 Å². The van der Waals surface area contributed by atoms with Gasteiger partial charge in [-0.1, -0.05) is 41.5 Å². The Kier molecular flexibility index (Phi) is 3.07. The van der Waals surface area contributed by atoms with Gasteiger partial charge in [0.05, 0.1) is 0 Å². The summed E-state index contributed by atoms with van der Waals surface area (Å²) in [5.41, 5.74) is -5.05. The van der Waals surface area contributed by atoms with E-state index in [-0.39, 0.29) is 6.42 Å². The van der Waals surface area contributed by atoms with Crippen molar-refractivity contribution in [3.05, 3.63) is 0 Å². The molecule has 0 radical (unpaired) electrons. The number of hydrogen-bond acceptors (Lipinski definition) is 4. The van der Waals surface area contributed by atoms with Crippen molar-refractivity contribution in [1.29, 1.82) is 0 Å². The highest BCUT2D eigenvalue weighted by Gasteiger charge is 2.68. The van der Waals surface area contributed by atoms with Gasteiger partial charge >= 0.3 is 11.9 Å². The monoisotopic (exact) mass is 258 g/mol. The fourth-order valence-electron chi connectivity index (χ4n) is 2.14. The molecule has 2 atom stereocenters. The second kappa shape index (κ2) is 3.70. The lowest BCUT2D eigenvalue weighted by Crippen LogP contribution is -2.52. The first-order valence-electron chi connectivity index (χ1n) is 5.97. The van der Waals surface area contributed by atoms with Crippen molar-refractivity contribution in [1.82, 2.24) is 0 Å². The molecule has 0 spiro atoms. The van der Waals surface area contributed by atoms with Crippen molar-refractivity contribution in [2.24, 2.45) is 10.8 Å². The molecule has 5 nitrogen and oxygen atoms in total. The molecule has 1 saturated heterocycles. The lowest BCUT2D eigenvalue weighted by molar-refractivity contribution is -0.183. The largest absolute Gasteiger partial charge is 0.478 e. The number of carbonyl (C=O) groups is 2. The number of carboxylic acids is 1. The lowest BCUT2D eigenvalue weighted by atomic mass is 9.66. The Hall–Kier alpha value is -1.10. The number of carboxylic acid groups (broad SMARTS) is 1. The minimum atomic E-state index is -1.78. The summed E-state index contributed by atoms with van der Waals surface area (Å²) in [6.45, 7) is 10.1. The fourth-order valence-corrected chi connectivity index (χ4v) is 2.14. The van der Waals surface area contributed by atoms with E-state index in [0.717, 1.165) is 0 Å². The van der Waals surface area contributed by atoms with Crippen LogP contribution in [0.5, 0.6) is 0 Å². The van der Waals surface area contributed by atoms with E-state index < -0.39 is 34.0 Å². The number of aliphatic carboxylic acids is 1. The Morgan fingerprint density at radius 3 is 1.78 bits per heavy atom. The standard InChI is InChI=1S/C13H22O5/c1-10(2,3)12(17)7-13(8(14)15,11(4,5)6)18-9(12)16/h17H,7H2,1-6H3,(H,14,15). The normalized spacial score (nSPS) is 33.4. The predicted octanol–water partition coefficient (Wildman–Crippen LogP) is 1.58. The van der Waals surface area contributed by atoms with E-state index in [1.54, 1.807) is 41.5 Å². The topological polar surface area (TPSA) is 83.8 Å². The van der Waals surface area contributed by atoms with Crippen LogP contribution in [-0.4, -0.2) is 33.4 Å². The van der Waals surface area contributed by atoms with Crippen LogP contribution in [0.1, 0.15) is 48.0 Å². The number of cyclic esters (lactones) is 1. The highest BCUT2D eigenvalue weighted by molar-refractivity contribution is 5.91. The Morgan fingerprint density at radius 1 is 1.17 bits per heavy atom. The molecule has 0 aromatic heterocycles. The van der Waals surface area contributed by atoms with Crippen LogP contribution in [-0.2, 0) is 14.3 Å². The van der Waals surface area contributed by atoms with Crippen molar-refractivity contribution in [2.75, 3.05) is 0 Å². The summed E-state index contributed by atoms with van der Waals surface area (Å²) in [6, 6.07) is 0. The minimum absolute atomic E-state index is 0.235. The Balaban J connectivity index is 3.34. The van der Waals surface area contributed by atoms with Gasteiger partial charge in [0.1, 0.15) is 0 Å². The molecule has 0 aromatic carbocycles. The van der Waals surface area contributed by atoms with Crippen molar-refractivity contribution in [3.63, 3.8) is 0 Å². The van der Waals surface area contributed by atoms with Crippen LogP contribution in [0.4, 0.5) is 0 Å². The molecule has 2 unspecified atom stereocenters. The van der Waals surface area contributed by atoms with Crippen LogP contribution in [0.15, 0.2) is 0 Å². The molecule has 0 saturated carbocycles. The molecule has 0 bridgehead atoms. The summed E-state index contributed by atoms with van der Waals surface area (Å²) in [6.07, 6.45) is -0.235. The number of esters is 1. The molecule has 1 rings (SSSR count). The summed E-state index contributed by atoms with van der Waals surface area (Å²) in [7, 11) is 0. The molecular weight excluding hydrogens is 236 g/mol. The van der Waals surface area contributed by atoms with Gasteiger partial charge in [-0.2, -0.15) is 0 Å². The molecule has 5 heteroatoms. The van der Waals surface area contributed by atoms with Crippen molar-refractivity contribution < 1.29 is 24.5 Å². The number of aliphatic hydroxyl groups is 1. The third-order valence-corrected chi connectivity index (χ3v) is 3.91. The first kappa shape index (κ1) is 15.0. The van der Waals surface area contributed by atoms with Gasteiger partial charge in [0.15, 0.2) is 5.60 Å². The van der Waals surface area contributed by atoms with Crippen LogP contribution in [0.3, 0.4) is 0 Å². The van der Waals surface area contributed by atoms with Gasteiger partial charge in [0.2, 0.25) is 5.60 Å². The average molecular weight is 258 g/mol. The van der Waals surface area contributed by atoms with Crippen molar-refractivity contribution in [2.45, 2.75) is 59.2 Å². The quantitative estimate of drug-likeness (QED) is 0.698. The maximum atomic E-state index is 12.0. The summed E-state index contributed by atoms with van der Waals surface area (Å²) < 4.78 is 5.13. The van der Waals surface area contributed by atoms with E-state index in [1.165, 1.54) is 0 Å². The lowest BCUT2D eigenvalue weighted by Gasteiger charge is -2.38. The molecular formula is C13H22O5. The van der Waals surface area contributed by atoms with Crippen molar-refractivity contribution >= 4 is 11.9 Å². The van der Waals surface area contributed by atoms with Crippen LogP contribution >= 0.6 is 0 Å². The van der Waals surface area contributed by atoms with E-state index in [4.69, 9.17) is 4.74 Å². The van der Waals surface area contributed by atoms with Gasteiger partial charge in [-0.15, -0.1) is 0 Å². The zero-order chi connectivity index (χ0) is 14.6. The SMILES string of the molecule is CC(C)(C)C1(O)CC(C(=O)O)(C(C)(C)C)OC1=O. The maximum absolute atomic E-state index is 12.0. The Labute approximate surface area is 107 Å². The minimum Gasteiger partial charge on any atom is -0.478 e. The van der Waals surface area contributed by atoms with E-state index >= 15 is 0 Å². The fraction of sp³-hybridized carbons (Fsp3) is 0.846. The Morgan fingerprint density at radius 2 is 1.61 bits per heavy atom. The van der Waals surface area contributed by atoms with E-state index in [9.17, 15) is 19.8 Å². The summed E-state index contributed by atoms with van der Waals surface area (Å²) in [5, 5.41) is 19.9. The zero-order valence-electron chi connectivity index (χ0n) is 11.8. The third-order valence-electron chi connectivity index (χ3n) is 3.91. The third kappa shape index (κ3) is 1.81. The summed E-state index contributed by atoms with van der Waals surface area (Å²) in [4.78, 5) is 23.5. The molecule has 0 amide bonds. The highest BCUT2D eigenvalue weighted by atomic mass is 16.6. The van der Waals surface area contributed by atoms with Crippen LogP contribution < -0.4 is 0 Å². The maximum Gasteiger partial charge on any atom is 0.348 e. The molecule has 2 N–H and O–H groups in total. The molecule has 104 valence electrons. The molecule has 1 aliphatic heterocycles. The number of rotatable bonds is 1. The van der Waals surface area contributed by atoms with Crippen molar-refractivity contribution in [3.8, 4) is 0 Å². The number of carbonyl (C=O) groups excluding carboxylic acids is 1. The number of hydrogen-bond donors (Lipinski definition) is 2. The van der Waals surface area contributed by atoms with Gasteiger partial charge in [-0.3, -0.25) is 0 Å². The predicted molar refractivity (Wildman–Crippen MR) is 64.9 cm³/mol. The highest BCUT2D eigenvalue weighted by Crippen LogP contribution is 2.51. The molecule has 1 heterocycles. The first-order valence-corrected chi connectivity index (χ1v) is 5.97. The number of ether oxygens (including phenoxy) is 1. The first-order chi connectivity index (χ1) is 7.78. The zero-order valence-corrected chi connectivity index (χ0v) is 11.8. The summed E-state index contributed by atoms with van der Waals surface area (Å²) in [5.74, 6) is -2.07. The second-order valence-electron chi connectivity index (χ2n) is 7.06. The van der Waals surface area contributed by atoms with Gasteiger partial charge in [0, 0.05) is 17.3 Å². The summed E-state index contributed by atoms with van der Waals surface area (Å²) >= 11 is 0. The molecule has 1 aliphatic rings. The average Bonchev–Trinajstić information content (AvgIpc) is 2.39. The van der Waals surface area contributed by atoms with Crippen LogP contribution in [0, 0.1) is 10.8 Å². The van der Waals surface area contributed by atoms with E-state index in [2.05, 4.69) is 0 Å². The molecule has 0 aliphatic carbocycles. The smallest absolute Gasteiger partial charge is 0.348 e. The molecule has 1 fully saturated rings. The Bertz CT molecular complexity index is 387. The second-order valence-corrected chi connectivity index (χ2v) is 7.06. The van der Waals surface area contributed by atoms with E-state index in [0.29, 0.717) is 0 Å². The molecule has 0 aromatic rings. The van der Waals surface area contributed by atoms with E-state index in [1.807, 2.05) is 0 Å². The molecule has 18 heavy (non-hydrogen) atoms. The van der Waals surface area contributed by atoms with Gasteiger partial charge in [-0.05, 0) is 0 Å². The van der Waals surface area contributed by atoms with Gasteiger partial charge < -0.3 is 14.9 Å².